The lowest BCUT2D eigenvalue weighted by atomic mass is 10.1. The summed E-state index contributed by atoms with van der Waals surface area (Å²) in [6.45, 7) is 0.601. The molecule has 6 heteroatoms. The van der Waals surface area contributed by atoms with Crippen LogP contribution in [0, 0.1) is 11.6 Å². The Labute approximate surface area is 117 Å². The largest absolute Gasteiger partial charge is 0.248 e. The maximum atomic E-state index is 13.7. The highest BCUT2D eigenvalue weighted by atomic mass is 32.2. The van der Waals surface area contributed by atoms with Gasteiger partial charge in [-0.05, 0) is 37.8 Å². The third kappa shape index (κ3) is 2.38. The quantitative estimate of drug-likeness (QED) is 0.788. The number of nitrogens with zero attached hydrogens (tertiary/aromatic N) is 1. The van der Waals surface area contributed by atoms with Crippen molar-refractivity contribution >= 4 is 10.0 Å². The van der Waals surface area contributed by atoms with Crippen LogP contribution < -0.4 is 0 Å². The first-order chi connectivity index (χ1) is 9.50. The van der Waals surface area contributed by atoms with Gasteiger partial charge in [0, 0.05) is 13.1 Å². The Bertz CT molecular complexity index is 646. The molecule has 1 saturated heterocycles. The highest BCUT2D eigenvalue weighted by molar-refractivity contribution is 7.89. The fourth-order valence-corrected chi connectivity index (χ4v) is 4.17. The van der Waals surface area contributed by atoms with Crippen molar-refractivity contribution in [2.24, 2.45) is 0 Å². The van der Waals surface area contributed by atoms with Crippen LogP contribution in [0.1, 0.15) is 25.7 Å². The molecule has 0 N–H and O–H groups in total. The number of hydrogen-bond donors (Lipinski definition) is 0. The van der Waals surface area contributed by atoms with Crippen molar-refractivity contribution in [3.05, 3.63) is 41.0 Å². The normalized spacial score (nSPS) is 20.3. The van der Waals surface area contributed by atoms with E-state index in [2.05, 4.69) is 0 Å². The highest BCUT2D eigenvalue weighted by Gasteiger charge is 2.33. The zero-order chi connectivity index (χ0) is 14.3. The van der Waals surface area contributed by atoms with E-state index in [1.165, 1.54) is 15.5 Å². The van der Waals surface area contributed by atoms with E-state index in [4.69, 9.17) is 0 Å². The predicted molar refractivity (Wildman–Crippen MR) is 70.6 cm³/mol. The topological polar surface area (TPSA) is 37.4 Å². The first-order valence-electron chi connectivity index (χ1n) is 6.64. The van der Waals surface area contributed by atoms with Crippen LogP contribution in [0.3, 0.4) is 0 Å². The molecule has 0 radical (unpaired) electrons. The second-order valence-electron chi connectivity index (χ2n) is 5.16. The van der Waals surface area contributed by atoms with E-state index in [0.717, 1.165) is 31.0 Å². The summed E-state index contributed by atoms with van der Waals surface area (Å²) in [5.41, 5.74) is 2.75. The highest BCUT2D eigenvalue weighted by Crippen LogP contribution is 2.37. The fourth-order valence-electron chi connectivity index (χ4n) is 2.62. The molecule has 1 aliphatic carbocycles. The zero-order valence-electron chi connectivity index (χ0n) is 10.9. The minimum atomic E-state index is -4.09. The molecule has 1 aromatic carbocycles. The van der Waals surface area contributed by atoms with Gasteiger partial charge in [-0.15, -0.1) is 0 Å². The van der Waals surface area contributed by atoms with Crippen LogP contribution in [0.25, 0.3) is 0 Å². The van der Waals surface area contributed by atoms with Gasteiger partial charge >= 0.3 is 0 Å². The SMILES string of the molecule is O=S(=O)(c1c(F)cccc1F)N1CCC(=C2CC2)CC1. The van der Waals surface area contributed by atoms with E-state index in [-0.39, 0.29) is 0 Å². The number of halogens is 2. The van der Waals surface area contributed by atoms with Gasteiger partial charge in [-0.25, -0.2) is 17.2 Å². The number of allylic oxidation sites excluding steroid dienone is 1. The Morgan fingerprint density at radius 1 is 0.900 bits per heavy atom. The van der Waals surface area contributed by atoms with E-state index < -0.39 is 26.6 Å². The summed E-state index contributed by atoms with van der Waals surface area (Å²) in [6, 6.07) is 3.10. The first-order valence-corrected chi connectivity index (χ1v) is 8.08. The van der Waals surface area contributed by atoms with Crippen molar-refractivity contribution in [3.63, 3.8) is 0 Å². The lowest BCUT2D eigenvalue weighted by molar-refractivity contribution is 0.379. The molecule has 1 aliphatic heterocycles. The molecule has 3 rings (SSSR count). The smallest absolute Gasteiger partial charge is 0.207 e. The van der Waals surface area contributed by atoms with Gasteiger partial charge in [0.1, 0.15) is 11.6 Å². The molecule has 0 amide bonds. The second kappa shape index (κ2) is 4.93. The van der Waals surface area contributed by atoms with Gasteiger partial charge in [0.25, 0.3) is 0 Å². The lowest BCUT2D eigenvalue weighted by Gasteiger charge is -2.28. The predicted octanol–water partition coefficient (Wildman–Crippen LogP) is 2.84. The Hall–Kier alpha value is -1.27. The number of hydrogen-bond acceptors (Lipinski definition) is 2. The average molecular weight is 299 g/mol. The fraction of sp³-hybridized carbons (Fsp3) is 0.429. The van der Waals surface area contributed by atoms with Gasteiger partial charge < -0.3 is 0 Å². The van der Waals surface area contributed by atoms with Crippen LogP contribution in [-0.4, -0.2) is 25.8 Å². The van der Waals surface area contributed by atoms with Gasteiger partial charge in [-0.2, -0.15) is 4.31 Å². The molecule has 108 valence electrons. The van der Waals surface area contributed by atoms with Crippen LogP contribution >= 0.6 is 0 Å². The van der Waals surface area contributed by atoms with Gasteiger partial charge in [-0.1, -0.05) is 17.2 Å². The van der Waals surface area contributed by atoms with Crippen molar-refractivity contribution in [1.29, 1.82) is 0 Å². The van der Waals surface area contributed by atoms with E-state index in [1.807, 2.05) is 0 Å². The maximum absolute atomic E-state index is 13.7. The third-order valence-electron chi connectivity index (χ3n) is 3.84. The molecule has 0 bridgehead atoms. The maximum Gasteiger partial charge on any atom is 0.248 e. The Balaban J connectivity index is 1.88. The van der Waals surface area contributed by atoms with Gasteiger partial charge in [-0.3, -0.25) is 0 Å². The monoisotopic (exact) mass is 299 g/mol. The van der Waals surface area contributed by atoms with Crippen molar-refractivity contribution in [3.8, 4) is 0 Å². The molecule has 1 saturated carbocycles. The standard InChI is InChI=1S/C14H15F2NO2S/c15-12-2-1-3-13(16)14(12)20(18,19)17-8-6-11(7-9-17)10-4-5-10/h1-3H,4-9H2. The molecule has 0 aromatic heterocycles. The Morgan fingerprint density at radius 3 is 1.90 bits per heavy atom. The minimum Gasteiger partial charge on any atom is -0.207 e. The molecule has 3 nitrogen and oxygen atoms in total. The van der Waals surface area contributed by atoms with Gasteiger partial charge in [0.05, 0.1) is 0 Å². The molecule has 0 spiro atoms. The van der Waals surface area contributed by atoms with Crippen molar-refractivity contribution in [2.75, 3.05) is 13.1 Å². The molecule has 20 heavy (non-hydrogen) atoms. The number of piperidine rings is 1. The summed E-state index contributed by atoms with van der Waals surface area (Å²) in [4.78, 5) is -0.831. The van der Waals surface area contributed by atoms with Gasteiger partial charge in [0.15, 0.2) is 4.90 Å². The summed E-state index contributed by atoms with van der Waals surface area (Å²) in [7, 11) is -4.09. The van der Waals surface area contributed by atoms with E-state index in [1.54, 1.807) is 0 Å². The number of sulfonamides is 1. The van der Waals surface area contributed by atoms with E-state index >= 15 is 0 Å². The molecular formula is C14H15F2NO2S. The van der Waals surface area contributed by atoms with Crippen molar-refractivity contribution < 1.29 is 17.2 Å². The summed E-state index contributed by atoms with van der Waals surface area (Å²) in [5.74, 6) is -2.06. The zero-order valence-corrected chi connectivity index (χ0v) is 11.7. The average Bonchev–Trinajstić information content (AvgIpc) is 3.22. The Morgan fingerprint density at radius 2 is 1.40 bits per heavy atom. The molecular weight excluding hydrogens is 284 g/mol. The second-order valence-corrected chi connectivity index (χ2v) is 7.04. The molecule has 2 aliphatic rings. The summed E-state index contributed by atoms with van der Waals surface area (Å²) in [6.07, 6.45) is 3.57. The van der Waals surface area contributed by atoms with Gasteiger partial charge in [0.2, 0.25) is 10.0 Å². The van der Waals surface area contributed by atoms with Crippen LogP contribution in [0.2, 0.25) is 0 Å². The van der Waals surface area contributed by atoms with E-state index in [9.17, 15) is 17.2 Å². The van der Waals surface area contributed by atoms with Crippen LogP contribution in [0.4, 0.5) is 8.78 Å². The number of rotatable bonds is 2. The molecule has 0 unspecified atom stereocenters. The lowest BCUT2D eigenvalue weighted by Crippen LogP contribution is -2.37. The molecule has 1 aromatic rings. The first kappa shape index (κ1) is 13.7. The van der Waals surface area contributed by atoms with Crippen molar-refractivity contribution in [2.45, 2.75) is 30.6 Å². The molecule has 0 atom stereocenters. The van der Waals surface area contributed by atoms with Crippen LogP contribution in [0.15, 0.2) is 34.2 Å². The van der Waals surface area contributed by atoms with Crippen LogP contribution in [0.5, 0.6) is 0 Å². The van der Waals surface area contributed by atoms with E-state index in [0.29, 0.717) is 25.9 Å². The summed E-state index contributed by atoms with van der Waals surface area (Å²) >= 11 is 0. The Kier molecular flexibility index (Phi) is 3.38. The molecule has 2 fully saturated rings. The van der Waals surface area contributed by atoms with Crippen molar-refractivity contribution in [1.82, 2.24) is 4.31 Å². The van der Waals surface area contributed by atoms with Crippen LogP contribution in [-0.2, 0) is 10.0 Å². The minimum absolute atomic E-state index is 0.301. The summed E-state index contributed by atoms with van der Waals surface area (Å²) in [5, 5.41) is 0. The third-order valence-corrected chi connectivity index (χ3v) is 5.79. The summed E-state index contributed by atoms with van der Waals surface area (Å²) < 4.78 is 53.2. The number of benzene rings is 1. The molecule has 1 heterocycles.